The van der Waals surface area contributed by atoms with Crippen molar-refractivity contribution in [1.29, 1.82) is 15.8 Å². The Balaban J connectivity index is 2.31. The molecule has 8 nitrogen and oxygen atoms in total. The fourth-order valence-corrected chi connectivity index (χ4v) is 4.71. The molecule has 0 saturated heterocycles. The van der Waals surface area contributed by atoms with Gasteiger partial charge in [-0.25, -0.2) is 4.79 Å². The maximum atomic E-state index is 12.4. The summed E-state index contributed by atoms with van der Waals surface area (Å²) in [6.45, 7) is 2.33. The molecule has 2 aliphatic rings. The number of fused-ring (bicyclic) bond motifs is 1. The van der Waals surface area contributed by atoms with Crippen LogP contribution >= 0.6 is 15.9 Å². The largest absolute Gasteiger partial charge is 0.496 e. The number of nitriles is 3. The van der Waals surface area contributed by atoms with Gasteiger partial charge in [-0.15, -0.1) is 0 Å². The quantitative estimate of drug-likeness (QED) is 0.698. The molecule has 3 rings (SSSR count). The molecule has 158 valence electrons. The second-order valence-corrected chi connectivity index (χ2v) is 8.08. The highest BCUT2D eigenvalue weighted by atomic mass is 79.9. The Hall–Kier alpha value is -3.48. The van der Waals surface area contributed by atoms with E-state index in [4.69, 9.17) is 15.2 Å². The van der Waals surface area contributed by atoms with Gasteiger partial charge in [0.2, 0.25) is 0 Å². The lowest BCUT2D eigenvalue weighted by Crippen LogP contribution is -2.49. The van der Waals surface area contributed by atoms with Crippen LogP contribution in [0.4, 0.5) is 4.79 Å². The molecule has 2 atom stereocenters. The predicted molar refractivity (Wildman–Crippen MR) is 114 cm³/mol. The molecular weight excluding hydrogens is 462 g/mol. The summed E-state index contributed by atoms with van der Waals surface area (Å²) in [6, 6.07) is 11.5. The Labute approximate surface area is 188 Å². The van der Waals surface area contributed by atoms with Gasteiger partial charge in [-0.1, -0.05) is 22.0 Å². The van der Waals surface area contributed by atoms with Crippen molar-refractivity contribution >= 4 is 22.0 Å². The molecule has 1 amide bonds. The molecule has 1 aliphatic carbocycles. The van der Waals surface area contributed by atoms with Gasteiger partial charge in [0, 0.05) is 35.0 Å². The molecule has 1 heterocycles. The third-order valence-corrected chi connectivity index (χ3v) is 6.21. The van der Waals surface area contributed by atoms with Crippen molar-refractivity contribution in [1.82, 2.24) is 4.90 Å². The van der Waals surface area contributed by atoms with E-state index in [1.165, 1.54) is 12.0 Å². The topological polar surface area (TPSA) is 136 Å². The summed E-state index contributed by atoms with van der Waals surface area (Å²) in [7, 11) is 1.50. The van der Waals surface area contributed by atoms with Crippen molar-refractivity contribution in [3.8, 4) is 24.0 Å². The number of hydrogen-bond donors (Lipinski definition) is 1. The minimum Gasteiger partial charge on any atom is -0.496 e. The van der Waals surface area contributed by atoms with Gasteiger partial charge in [-0.05, 0) is 30.7 Å². The lowest BCUT2D eigenvalue weighted by molar-refractivity contribution is 0.0998. The number of carbonyl (C=O) groups excluding carboxylic acids is 1. The van der Waals surface area contributed by atoms with Crippen molar-refractivity contribution < 1.29 is 14.3 Å². The first-order valence-electron chi connectivity index (χ1n) is 9.56. The fraction of sp³-hybridized carbons (Fsp3) is 0.364. The van der Waals surface area contributed by atoms with Gasteiger partial charge in [0.15, 0.2) is 5.41 Å². The Morgan fingerprint density at radius 2 is 2.06 bits per heavy atom. The van der Waals surface area contributed by atoms with E-state index in [0.717, 1.165) is 4.47 Å². The summed E-state index contributed by atoms with van der Waals surface area (Å²) in [6.07, 6.45) is 1.24. The molecular formula is C22H20BrN5O3. The van der Waals surface area contributed by atoms with Gasteiger partial charge < -0.3 is 20.1 Å². The Morgan fingerprint density at radius 3 is 2.65 bits per heavy atom. The molecule has 1 aliphatic heterocycles. The summed E-state index contributed by atoms with van der Waals surface area (Å²) in [5.74, 6) is -0.845. The number of amides is 1. The van der Waals surface area contributed by atoms with Crippen molar-refractivity contribution in [2.45, 2.75) is 12.8 Å². The minimum absolute atomic E-state index is 0.0842. The summed E-state index contributed by atoms with van der Waals surface area (Å²) in [5.41, 5.74) is 5.72. The maximum absolute atomic E-state index is 12.4. The van der Waals surface area contributed by atoms with Gasteiger partial charge in [0.1, 0.15) is 11.8 Å². The zero-order valence-corrected chi connectivity index (χ0v) is 18.6. The summed E-state index contributed by atoms with van der Waals surface area (Å²) < 4.78 is 11.4. The molecule has 0 bridgehead atoms. The highest BCUT2D eigenvalue weighted by Gasteiger charge is 2.55. The number of methoxy groups -OCH3 is 1. The van der Waals surface area contributed by atoms with Gasteiger partial charge in [-0.2, -0.15) is 15.8 Å². The Bertz CT molecular complexity index is 1090. The molecule has 2 N–H and O–H groups in total. The third kappa shape index (κ3) is 3.50. The van der Waals surface area contributed by atoms with Crippen LogP contribution in [0.15, 0.2) is 45.6 Å². The molecule has 0 spiro atoms. The van der Waals surface area contributed by atoms with E-state index in [2.05, 4.69) is 34.1 Å². The molecule has 0 aromatic heterocycles. The number of carbonyl (C=O) groups is 1. The smallest absolute Gasteiger partial charge is 0.410 e. The predicted octanol–water partition coefficient (Wildman–Crippen LogP) is 3.34. The van der Waals surface area contributed by atoms with Crippen LogP contribution in [0.25, 0.3) is 0 Å². The lowest BCUT2D eigenvalue weighted by Gasteiger charge is -2.45. The number of ether oxygens (including phenoxy) is 2. The van der Waals surface area contributed by atoms with Crippen molar-refractivity contribution in [3.05, 3.63) is 51.2 Å². The maximum Gasteiger partial charge on any atom is 0.410 e. The van der Waals surface area contributed by atoms with Crippen LogP contribution in [0.2, 0.25) is 0 Å². The highest BCUT2D eigenvalue weighted by Crippen LogP contribution is 2.56. The van der Waals surface area contributed by atoms with E-state index in [9.17, 15) is 20.6 Å². The van der Waals surface area contributed by atoms with Crippen molar-refractivity contribution in [3.63, 3.8) is 0 Å². The SMILES string of the molecule is CCOC(=O)N1CC=C2C(C#N)=C(N)C(C#N)(C#N)[C@@H](c3cc(Br)ccc3OC)[C@H]2C1. The minimum atomic E-state index is -1.82. The summed E-state index contributed by atoms with van der Waals surface area (Å²) in [4.78, 5) is 13.9. The number of hydrogen-bond acceptors (Lipinski definition) is 7. The Morgan fingerprint density at radius 1 is 1.35 bits per heavy atom. The summed E-state index contributed by atoms with van der Waals surface area (Å²) >= 11 is 3.44. The molecule has 0 radical (unpaired) electrons. The molecule has 0 unspecified atom stereocenters. The van der Waals surface area contributed by atoms with Crippen LogP contribution in [0.5, 0.6) is 5.75 Å². The van der Waals surface area contributed by atoms with Gasteiger partial charge in [-0.3, -0.25) is 0 Å². The number of nitrogens with two attached hydrogens (primary N) is 1. The van der Waals surface area contributed by atoms with Crippen LogP contribution in [-0.2, 0) is 4.74 Å². The molecule has 31 heavy (non-hydrogen) atoms. The average molecular weight is 482 g/mol. The van der Waals surface area contributed by atoms with E-state index in [-0.39, 0.29) is 31.0 Å². The number of halogens is 1. The van der Waals surface area contributed by atoms with Crippen LogP contribution in [0.3, 0.4) is 0 Å². The van der Waals surface area contributed by atoms with E-state index in [1.807, 2.05) is 0 Å². The van der Waals surface area contributed by atoms with E-state index in [1.54, 1.807) is 31.2 Å². The zero-order chi connectivity index (χ0) is 22.8. The number of nitrogens with zero attached hydrogens (tertiary/aromatic N) is 4. The molecule has 9 heteroatoms. The lowest BCUT2D eigenvalue weighted by atomic mass is 9.58. The van der Waals surface area contributed by atoms with Gasteiger partial charge in [0.25, 0.3) is 0 Å². The molecule has 1 aromatic rings. The fourth-order valence-electron chi connectivity index (χ4n) is 4.34. The third-order valence-electron chi connectivity index (χ3n) is 5.72. The van der Waals surface area contributed by atoms with Crippen LogP contribution in [0, 0.1) is 45.3 Å². The summed E-state index contributed by atoms with van der Waals surface area (Å²) in [5, 5.41) is 30.1. The van der Waals surface area contributed by atoms with E-state index >= 15 is 0 Å². The molecule has 1 aromatic carbocycles. The first kappa shape index (κ1) is 22.2. The van der Waals surface area contributed by atoms with Crippen LogP contribution < -0.4 is 10.5 Å². The first-order chi connectivity index (χ1) is 14.9. The van der Waals surface area contributed by atoms with Crippen molar-refractivity contribution in [2.24, 2.45) is 17.1 Å². The second-order valence-electron chi connectivity index (χ2n) is 7.17. The standard InChI is InChI=1S/C22H20BrN5O3/c1-3-31-21(29)28-7-6-14-16(9-24)20(27)22(11-25,12-26)19(17(14)10-28)15-8-13(23)4-5-18(15)30-2/h4-6,8,17,19H,3,7,10,27H2,1-2H3/t17-,19-/m0/s1. The van der Waals surface area contributed by atoms with Gasteiger partial charge >= 0.3 is 6.09 Å². The Kier molecular flexibility index (Phi) is 6.24. The highest BCUT2D eigenvalue weighted by molar-refractivity contribution is 9.10. The monoisotopic (exact) mass is 481 g/mol. The second kappa shape index (κ2) is 8.71. The zero-order valence-electron chi connectivity index (χ0n) is 17.1. The van der Waals surface area contributed by atoms with Crippen LogP contribution in [0.1, 0.15) is 18.4 Å². The van der Waals surface area contributed by atoms with Gasteiger partial charge in [0.05, 0.1) is 37.1 Å². The molecule has 0 saturated carbocycles. The van der Waals surface area contributed by atoms with Crippen molar-refractivity contribution in [2.75, 3.05) is 26.8 Å². The van der Waals surface area contributed by atoms with E-state index in [0.29, 0.717) is 16.9 Å². The van der Waals surface area contributed by atoms with E-state index < -0.39 is 23.3 Å². The number of allylic oxidation sites excluding steroid dienone is 2. The number of rotatable bonds is 3. The first-order valence-corrected chi connectivity index (χ1v) is 10.4. The normalized spacial score (nSPS) is 21.7. The average Bonchev–Trinajstić information content (AvgIpc) is 2.78. The molecule has 0 fully saturated rings. The number of benzene rings is 1. The van der Waals surface area contributed by atoms with Crippen LogP contribution in [-0.4, -0.2) is 37.8 Å².